The summed E-state index contributed by atoms with van der Waals surface area (Å²) in [5.41, 5.74) is 2.96. The van der Waals surface area contributed by atoms with Gasteiger partial charge in [0.2, 0.25) is 0 Å². The number of aryl methyl sites for hydroxylation is 1. The van der Waals surface area contributed by atoms with Gasteiger partial charge in [-0.05, 0) is 76.4 Å². The zero-order valence-corrected chi connectivity index (χ0v) is 21.0. The van der Waals surface area contributed by atoms with E-state index in [4.69, 9.17) is 4.98 Å². The van der Waals surface area contributed by atoms with Crippen molar-refractivity contribution in [2.75, 3.05) is 7.05 Å². The minimum atomic E-state index is -1.26. The number of aliphatic carboxylic acids is 1. The molecule has 4 unspecified atom stereocenters. The Hall–Kier alpha value is -3.43. The highest BCUT2D eigenvalue weighted by molar-refractivity contribution is 5.85. The molecule has 1 fully saturated rings. The first kappa shape index (κ1) is 25.2. The maximum absolute atomic E-state index is 14.5. The van der Waals surface area contributed by atoms with Crippen LogP contribution >= 0.6 is 0 Å². The molecule has 2 heterocycles. The molecule has 4 aromatic rings. The number of benzene rings is 2. The molecule has 0 saturated heterocycles. The molecular weight excluding hydrogens is 475 g/mol. The third-order valence-corrected chi connectivity index (χ3v) is 7.84. The van der Waals surface area contributed by atoms with Gasteiger partial charge in [-0.25, -0.2) is 9.37 Å². The lowest BCUT2D eigenvalue weighted by atomic mass is 9.85. The van der Waals surface area contributed by atoms with Crippen LogP contribution in [0.1, 0.15) is 68.1 Å². The van der Waals surface area contributed by atoms with Crippen molar-refractivity contribution in [1.29, 1.82) is 0 Å². The maximum atomic E-state index is 14.5. The van der Waals surface area contributed by atoms with Gasteiger partial charge in [-0.2, -0.15) is 0 Å². The van der Waals surface area contributed by atoms with Gasteiger partial charge in [-0.15, -0.1) is 0 Å². The number of aromatic nitrogens is 3. The van der Waals surface area contributed by atoms with Gasteiger partial charge in [-0.1, -0.05) is 6.42 Å². The molecule has 2 aromatic carbocycles. The van der Waals surface area contributed by atoms with Crippen LogP contribution in [0.15, 0.2) is 36.5 Å². The molecule has 37 heavy (non-hydrogen) atoms. The summed E-state index contributed by atoms with van der Waals surface area (Å²) in [5, 5.41) is 36.0. The normalized spacial score (nSPS) is 19.9. The Morgan fingerprint density at radius 3 is 2.86 bits per heavy atom. The molecule has 1 aliphatic carbocycles. The van der Waals surface area contributed by atoms with Crippen molar-refractivity contribution in [2.45, 2.75) is 63.6 Å². The van der Waals surface area contributed by atoms with Crippen LogP contribution in [0.4, 0.5) is 4.39 Å². The minimum absolute atomic E-state index is 0.131. The molecule has 4 atom stereocenters. The number of phenolic OH excluding ortho intramolecular Hbond substituents is 1. The Labute approximate surface area is 214 Å². The standard InChI is InChI=1S/C28H33FN4O4/c1-15(30-2)6-7-20-23(34)9-8-22-25(20)32-27(33(22)19-5-3-4-17(13-19)28(36)37)26(35)21-14-18(29)12-16-10-11-31-24(16)21/h8-12,14-15,17,19,26,30-31,34-35H,3-7,13H2,1-2H3,(H,36,37). The topological polar surface area (TPSA) is 123 Å². The van der Waals surface area contributed by atoms with E-state index in [1.807, 2.05) is 11.6 Å². The summed E-state index contributed by atoms with van der Waals surface area (Å²) in [5.74, 6) is -1.33. The fourth-order valence-corrected chi connectivity index (χ4v) is 5.69. The number of hydrogen-bond acceptors (Lipinski definition) is 5. The predicted octanol–water partition coefficient (Wildman–Crippen LogP) is 4.80. The summed E-state index contributed by atoms with van der Waals surface area (Å²) in [6, 6.07) is 7.90. The lowest BCUT2D eigenvalue weighted by Crippen LogP contribution is -2.26. The van der Waals surface area contributed by atoms with Crippen molar-refractivity contribution < 1.29 is 24.5 Å². The molecule has 0 aliphatic heterocycles. The number of H-pyrrole nitrogens is 1. The summed E-state index contributed by atoms with van der Waals surface area (Å²) < 4.78 is 16.5. The van der Waals surface area contributed by atoms with Crippen LogP contribution in [0.3, 0.4) is 0 Å². The first-order valence-corrected chi connectivity index (χ1v) is 12.9. The van der Waals surface area contributed by atoms with Crippen molar-refractivity contribution in [3.8, 4) is 5.75 Å². The van der Waals surface area contributed by atoms with Crippen molar-refractivity contribution in [2.24, 2.45) is 5.92 Å². The van der Waals surface area contributed by atoms with Gasteiger partial charge in [-0.3, -0.25) is 4.79 Å². The van der Waals surface area contributed by atoms with Gasteiger partial charge < -0.3 is 30.2 Å². The van der Waals surface area contributed by atoms with E-state index in [-0.39, 0.29) is 17.8 Å². The molecular formula is C28H33FN4O4. The van der Waals surface area contributed by atoms with Crippen LogP contribution in [-0.4, -0.2) is 48.9 Å². The second kappa shape index (κ2) is 10.1. The van der Waals surface area contributed by atoms with Crippen LogP contribution in [-0.2, 0) is 11.2 Å². The highest BCUT2D eigenvalue weighted by atomic mass is 19.1. The number of nitrogens with zero attached hydrogens (tertiary/aromatic N) is 2. The van der Waals surface area contributed by atoms with Crippen LogP contribution in [0.25, 0.3) is 21.9 Å². The zero-order valence-electron chi connectivity index (χ0n) is 21.0. The van der Waals surface area contributed by atoms with Crippen molar-refractivity contribution in [1.82, 2.24) is 19.9 Å². The van der Waals surface area contributed by atoms with Gasteiger partial charge in [0.25, 0.3) is 0 Å². The number of halogens is 1. The summed E-state index contributed by atoms with van der Waals surface area (Å²) in [6.07, 6.45) is 4.27. The number of phenols is 1. The SMILES string of the molecule is CNC(C)CCc1c(O)ccc2c1nc(C(O)c1cc(F)cc3cc[nH]c13)n2C1CCCC(C(=O)O)C1. The van der Waals surface area contributed by atoms with Gasteiger partial charge in [0.15, 0.2) is 0 Å². The van der Waals surface area contributed by atoms with Crippen molar-refractivity contribution >= 4 is 27.9 Å². The number of aromatic hydroxyl groups is 1. The monoisotopic (exact) mass is 508 g/mol. The second-order valence-corrected chi connectivity index (χ2v) is 10.2. The highest BCUT2D eigenvalue weighted by Crippen LogP contribution is 2.41. The van der Waals surface area contributed by atoms with E-state index in [1.165, 1.54) is 12.1 Å². The largest absolute Gasteiger partial charge is 0.508 e. The number of carboxylic acids is 1. The Bertz CT molecular complexity index is 1450. The molecule has 5 rings (SSSR count). The molecule has 196 valence electrons. The van der Waals surface area contributed by atoms with E-state index in [9.17, 15) is 24.5 Å². The quantitative estimate of drug-likeness (QED) is 0.233. The molecule has 1 aliphatic rings. The van der Waals surface area contributed by atoms with E-state index in [0.717, 1.165) is 24.8 Å². The summed E-state index contributed by atoms with van der Waals surface area (Å²) in [4.78, 5) is 19.8. The summed E-state index contributed by atoms with van der Waals surface area (Å²) >= 11 is 0. The average molecular weight is 509 g/mol. The number of fused-ring (bicyclic) bond motifs is 2. The number of nitrogens with one attached hydrogen (secondary N) is 2. The maximum Gasteiger partial charge on any atom is 0.306 e. The van der Waals surface area contributed by atoms with Gasteiger partial charge >= 0.3 is 5.97 Å². The lowest BCUT2D eigenvalue weighted by Gasteiger charge is -2.30. The molecule has 8 nitrogen and oxygen atoms in total. The zero-order chi connectivity index (χ0) is 26.3. The summed E-state index contributed by atoms with van der Waals surface area (Å²) in [7, 11) is 1.89. The van der Waals surface area contributed by atoms with Crippen molar-refractivity contribution in [3.63, 3.8) is 0 Å². The van der Waals surface area contributed by atoms with Crippen LogP contribution in [0, 0.1) is 11.7 Å². The van der Waals surface area contributed by atoms with E-state index in [2.05, 4.69) is 17.2 Å². The van der Waals surface area contributed by atoms with E-state index in [1.54, 1.807) is 24.4 Å². The number of imidazole rings is 1. The van der Waals surface area contributed by atoms with Gasteiger partial charge in [0.05, 0.1) is 22.5 Å². The van der Waals surface area contributed by atoms with E-state index < -0.39 is 23.8 Å². The number of hydrogen-bond donors (Lipinski definition) is 5. The molecule has 0 amide bonds. The molecule has 0 bridgehead atoms. The number of rotatable bonds is 8. The van der Waals surface area contributed by atoms with E-state index in [0.29, 0.717) is 52.6 Å². The smallest absolute Gasteiger partial charge is 0.306 e. The number of carboxylic acid groups (broad SMARTS) is 1. The Kier molecular flexibility index (Phi) is 6.92. The first-order chi connectivity index (χ1) is 17.8. The molecule has 2 aromatic heterocycles. The van der Waals surface area contributed by atoms with Gasteiger partial charge in [0, 0.05) is 34.8 Å². The molecule has 0 radical (unpaired) electrons. The van der Waals surface area contributed by atoms with Crippen LogP contribution in [0.5, 0.6) is 5.75 Å². The Morgan fingerprint density at radius 1 is 1.30 bits per heavy atom. The van der Waals surface area contributed by atoms with E-state index >= 15 is 0 Å². The number of aromatic amines is 1. The first-order valence-electron chi connectivity index (χ1n) is 12.9. The predicted molar refractivity (Wildman–Crippen MR) is 139 cm³/mol. The molecule has 0 spiro atoms. The number of carbonyl (C=O) groups is 1. The Morgan fingerprint density at radius 2 is 2.11 bits per heavy atom. The van der Waals surface area contributed by atoms with Crippen molar-refractivity contribution in [3.05, 3.63) is 59.3 Å². The fourth-order valence-electron chi connectivity index (χ4n) is 5.69. The minimum Gasteiger partial charge on any atom is -0.508 e. The second-order valence-electron chi connectivity index (χ2n) is 10.2. The van der Waals surface area contributed by atoms with Crippen LogP contribution in [0.2, 0.25) is 0 Å². The average Bonchev–Trinajstić information content (AvgIpc) is 3.51. The fraction of sp³-hybridized carbons (Fsp3) is 0.429. The summed E-state index contributed by atoms with van der Waals surface area (Å²) in [6.45, 7) is 2.06. The molecule has 1 saturated carbocycles. The number of aliphatic hydroxyl groups excluding tert-OH is 1. The molecule has 9 heteroatoms. The number of aliphatic hydroxyl groups is 1. The third-order valence-electron chi connectivity index (χ3n) is 7.84. The molecule has 5 N–H and O–H groups in total. The Balaban J connectivity index is 1.69. The van der Waals surface area contributed by atoms with Gasteiger partial charge in [0.1, 0.15) is 23.5 Å². The van der Waals surface area contributed by atoms with Crippen LogP contribution < -0.4 is 5.32 Å². The highest BCUT2D eigenvalue weighted by Gasteiger charge is 2.33. The third kappa shape index (κ3) is 4.69. The lowest BCUT2D eigenvalue weighted by molar-refractivity contribution is -0.143.